The molecular formula is C16H15NO6. The Hall–Kier alpha value is -3.22. The van der Waals surface area contributed by atoms with E-state index in [4.69, 9.17) is 14.6 Å². The van der Waals surface area contributed by atoms with Gasteiger partial charge in [0, 0.05) is 5.69 Å². The fourth-order valence-corrected chi connectivity index (χ4v) is 1.75. The minimum atomic E-state index is -1.26. The first-order chi connectivity index (χ1) is 11.1. The van der Waals surface area contributed by atoms with Crippen LogP contribution in [0.3, 0.4) is 0 Å². The molecule has 2 rings (SSSR count). The Morgan fingerprint density at radius 3 is 2.48 bits per heavy atom. The van der Waals surface area contributed by atoms with Crippen molar-refractivity contribution < 1.29 is 29.3 Å². The maximum absolute atomic E-state index is 11.5. The summed E-state index contributed by atoms with van der Waals surface area (Å²) in [6.07, 6.45) is -0.614. The second kappa shape index (κ2) is 7.69. The highest BCUT2D eigenvalue weighted by Crippen LogP contribution is 2.22. The van der Waals surface area contributed by atoms with Gasteiger partial charge in [0.25, 0.3) is 0 Å². The largest absolute Gasteiger partial charge is 0.507 e. The van der Waals surface area contributed by atoms with Crippen LogP contribution in [0.4, 0.5) is 10.5 Å². The summed E-state index contributed by atoms with van der Waals surface area (Å²) in [6, 6.07) is 12.7. The zero-order valence-electron chi connectivity index (χ0n) is 12.1. The Kier molecular flexibility index (Phi) is 5.40. The number of hydrogen-bond acceptors (Lipinski definition) is 5. The van der Waals surface area contributed by atoms with E-state index < -0.39 is 12.1 Å². The molecule has 0 bridgehead atoms. The van der Waals surface area contributed by atoms with Crippen molar-refractivity contribution in [3.63, 3.8) is 0 Å². The fourth-order valence-electron chi connectivity index (χ4n) is 1.75. The standard InChI is InChI=1S/C16H15NO6/c18-14-7-6-12(10-13(14)15(19)20)22-8-9-23-16(21)17-11-4-2-1-3-5-11/h1-7,10,18H,8-9H2,(H,17,21)(H,19,20). The van der Waals surface area contributed by atoms with Gasteiger partial charge in [-0.15, -0.1) is 0 Å². The van der Waals surface area contributed by atoms with E-state index in [2.05, 4.69) is 5.32 Å². The minimum absolute atomic E-state index is 0.0120. The summed E-state index contributed by atoms with van der Waals surface area (Å²) in [7, 11) is 0. The van der Waals surface area contributed by atoms with Gasteiger partial charge in [0.1, 0.15) is 30.3 Å². The number of aromatic carboxylic acids is 1. The predicted octanol–water partition coefficient (Wildman–Crippen LogP) is 2.72. The van der Waals surface area contributed by atoms with Crippen LogP contribution in [0, 0.1) is 0 Å². The van der Waals surface area contributed by atoms with Crippen LogP contribution >= 0.6 is 0 Å². The lowest BCUT2D eigenvalue weighted by Gasteiger charge is -2.09. The zero-order chi connectivity index (χ0) is 16.7. The first-order valence-corrected chi connectivity index (χ1v) is 6.74. The number of carbonyl (C=O) groups is 2. The molecule has 0 aromatic heterocycles. The summed E-state index contributed by atoms with van der Waals surface area (Å²) in [4.78, 5) is 22.4. The number of rotatable bonds is 6. The highest BCUT2D eigenvalue weighted by molar-refractivity contribution is 5.91. The molecule has 0 aliphatic carbocycles. The molecule has 0 fully saturated rings. The topological polar surface area (TPSA) is 105 Å². The fraction of sp³-hybridized carbons (Fsp3) is 0.125. The van der Waals surface area contributed by atoms with Crippen molar-refractivity contribution in [1.82, 2.24) is 0 Å². The van der Waals surface area contributed by atoms with Crippen molar-refractivity contribution in [2.45, 2.75) is 0 Å². The molecule has 0 unspecified atom stereocenters. The molecule has 0 saturated carbocycles. The summed E-state index contributed by atoms with van der Waals surface area (Å²) in [5, 5.41) is 20.8. The Bertz CT molecular complexity index is 686. The average molecular weight is 317 g/mol. The van der Waals surface area contributed by atoms with E-state index in [1.165, 1.54) is 18.2 Å². The number of anilines is 1. The molecule has 2 aromatic carbocycles. The summed E-state index contributed by atoms with van der Waals surface area (Å²) in [5.41, 5.74) is 0.355. The van der Waals surface area contributed by atoms with E-state index in [-0.39, 0.29) is 30.3 Å². The summed E-state index contributed by atoms with van der Waals surface area (Å²) in [5.74, 6) is -1.35. The van der Waals surface area contributed by atoms with Gasteiger partial charge in [-0.1, -0.05) is 18.2 Å². The number of para-hydroxylation sites is 1. The number of ether oxygens (including phenoxy) is 2. The number of nitrogens with one attached hydrogen (secondary N) is 1. The summed E-state index contributed by atoms with van der Waals surface area (Å²) in [6.45, 7) is 0.0357. The van der Waals surface area contributed by atoms with Gasteiger partial charge >= 0.3 is 12.1 Å². The van der Waals surface area contributed by atoms with Crippen molar-refractivity contribution in [3.05, 3.63) is 54.1 Å². The molecule has 120 valence electrons. The lowest BCUT2D eigenvalue weighted by Crippen LogP contribution is -2.17. The highest BCUT2D eigenvalue weighted by atomic mass is 16.6. The van der Waals surface area contributed by atoms with E-state index in [9.17, 15) is 14.7 Å². The number of carboxylic acids is 1. The molecule has 7 nitrogen and oxygen atoms in total. The number of hydrogen-bond donors (Lipinski definition) is 3. The molecule has 0 atom stereocenters. The number of carboxylic acid groups (broad SMARTS) is 1. The Morgan fingerprint density at radius 1 is 1.04 bits per heavy atom. The molecule has 3 N–H and O–H groups in total. The van der Waals surface area contributed by atoms with Crippen LogP contribution in [0.15, 0.2) is 48.5 Å². The molecule has 0 saturated heterocycles. The summed E-state index contributed by atoms with van der Waals surface area (Å²) >= 11 is 0. The lowest BCUT2D eigenvalue weighted by atomic mass is 10.2. The smallest absolute Gasteiger partial charge is 0.411 e. The third-order valence-corrected chi connectivity index (χ3v) is 2.80. The van der Waals surface area contributed by atoms with Gasteiger partial charge in [-0.05, 0) is 30.3 Å². The van der Waals surface area contributed by atoms with Crippen molar-refractivity contribution in [2.75, 3.05) is 18.5 Å². The number of aromatic hydroxyl groups is 1. The van der Waals surface area contributed by atoms with E-state index in [0.29, 0.717) is 5.69 Å². The normalized spacial score (nSPS) is 9.91. The molecule has 0 radical (unpaired) electrons. The molecule has 0 aliphatic heterocycles. The maximum Gasteiger partial charge on any atom is 0.411 e. The van der Waals surface area contributed by atoms with Crippen molar-refractivity contribution in [2.24, 2.45) is 0 Å². The van der Waals surface area contributed by atoms with Gasteiger partial charge in [-0.2, -0.15) is 0 Å². The third-order valence-electron chi connectivity index (χ3n) is 2.80. The van der Waals surface area contributed by atoms with Crippen molar-refractivity contribution in [1.29, 1.82) is 0 Å². The maximum atomic E-state index is 11.5. The van der Waals surface area contributed by atoms with E-state index in [1.54, 1.807) is 24.3 Å². The van der Waals surface area contributed by atoms with E-state index >= 15 is 0 Å². The monoisotopic (exact) mass is 317 g/mol. The van der Waals surface area contributed by atoms with Gasteiger partial charge in [0.2, 0.25) is 0 Å². The Labute approximate surface area is 132 Å². The van der Waals surface area contributed by atoms with Crippen LogP contribution in [0.5, 0.6) is 11.5 Å². The van der Waals surface area contributed by atoms with Gasteiger partial charge in [0.05, 0.1) is 0 Å². The number of phenols is 1. The van der Waals surface area contributed by atoms with Crippen LogP contribution < -0.4 is 10.1 Å². The first kappa shape index (κ1) is 16.2. The molecule has 0 aliphatic rings. The Morgan fingerprint density at radius 2 is 1.78 bits per heavy atom. The quantitative estimate of drug-likeness (QED) is 0.707. The molecule has 7 heteroatoms. The van der Waals surface area contributed by atoms with Gasteiger partial charge in [-0.3, -0.25) is 5.32 Å². The lowest BCUT2D eigenvalue weighted by molar-refractivity contribution is 0.0693. The highest BCUT2D eigenvalue weighted by Gasteiger charge is 2.10. The van der Waals surface area contributed by atoms with Crippen LogP contribution in [-0.2, 0) is 4.74 Å². The zero-order valence-corrected chi connectivity index (χ0v) is 12.1. The molecule has 2 aromatic rings. The molecule has 23 heavy (non-hydrogen) atoms. The van der Waals surface area contributed by atoms with E-state index in [0.717, 1.165) is 0 Å². The summed E-state index contributed by atoms with van der Waals surface area (Å²) < 4.78 is 10.2. The van der Waals surface area contributed by atoms with Crippen LogP contribution in [0.1, 0.15) is 10.4 Å². The Balaban J connectivity index is 1.76. The molecule has 0 spiro atoms. The van der Waals surface area contributed by atoms with Gasteiger partial charge in [0.15, 0.2) is 0 Å². The molecular weight excluding hydrogens is 302 g/mol. The predicted molar refractivity (Wildman–Crippen MR) is 82.0 cm³/mol. The van der Waals surface area contributed by atoms with Crippen LogP contribution in [-0.4, -0.2) is 35.5 Å². The van der Waals surface area contributed by atoms with Gasteiger partial charge in [-0.25, -0.2) is 9.59 Å². The van der Waals surface area contributed by atoms with Crippen molar-refractivity contribution >= 4 is 17.7 Å². The van der Waals surface area contributed by atoms with E-state index in [1.807, 2.05) is 6.07 Å². The molecule has 1 amide bonds. The number of benzene rings is 2. The van der Waals surface area contributed by atoms with Crippen molar-refractivity contribution in [3.8, 4) is 11.5 Å². The van der Waals surface area contributed by atoms with Crippen LogP contribution in [0.25, 0.3) is 0 Å². The van der Waals surface area contributed by atoms with Gasteiger partial charge < -0.3 is 19.7 Å². The SMILES string of the molecule is O=C(Nc1ccccc1)OCCOc1ccc(O)c(C(=O)O)c1. The molecule has 0 heterocycles. The number of carbonyl (C=O) groups excluding carboxylic acids is 1. The van der Waals surface area contributed by atoms with Crippen LogP contribution in [0.2, 0.25) is 0 Å². The second-order valence-electron chi connectivity index (χ2n) is 4.46. The third kappa shape index (κ3) is 4.92. The number of amides is 1. The minimum Gasteiger partial charge on any atom is -0.507 e. The average Bonchev–Trinajstić information content (AvgIpc) is 2.53. The first-order valence-electron chi connectivity index (χ1n) is 6.74. The second-order valence-corrected chi connectivity index (χ2v) is 4.46.